The summed E-state index contributed by atoms with van der Waals surface area (Å²) in [6.07, 6.45) is -1.26. The summed E-state index contributed by atoms with van der Waals surface area (Å²) in [6.45, 7) is 3.77. The van der Waals surface area contributed by atoms with Crippen LogP contribution in [0, 0.1) is 0 Å². The number of aliphatic hydroxyl groups excluding tert-OH is 1. The van der Waals surface area contributed by atoms with Gasteiger partial charge in [-0.2, -0.15) is 0 Å². The molecule has 3 saturated heterocycles. The highest BCUT2D eigenvalue weighted by molar-refractivity contribution is 5.89. The van der Waals surface area contributed by atoms with Gasteiger partial charge in [-0.1, -0.05) is 18.2 Å². The van der Waals surface area contributed by atoms with Gasteiger partial charge in [0, 0.05) is 6.42 Å². The van der Waals surface area contributed by atoms with E-state index in [1.54, 1.807) is 24.3 Å². The van der Waals surface area contributed by atoms with Crippen molar-refractivity contribution in [1.29, 1.82) is 0 Å². The average Bonchev–Trinajstić information content (AvgIpc) is 2.54. The van der Waals surface area contributed by atoms with Crippen molar-refractivity contribution in [2.75, 3.05) is 0 Å². The van der Waals surface area contributed by atoms with E-state index in [1.807, 2.05) is 19.9 Å². The molecule has 0 radical (unpaired) electrons. The van der Waals surface area contributed by atoms with Crippen LogP contribution in [0.4, 0.5) is 0 Å². The van der Waals surface area contributed by atoms with Crippen LogP contribution in [0.3, 0.4) is 0 Å². The molecule has 3 heterocycles. The van der Waals surface area contributed by atoms with Crippen LogP contribution in [0.2, 0.25) is 0 Å². The summed E-state index contributed by atoms with van der Waals surface area (Å²) in [5.74, 6) is -0.365. The molecule has 112 valence electrons. The van der Waals surface area contributed by atoms with E-state index in [1.165, 1.54) is 0 Å². The van der Waals surface area contributed by atoms with Gasteiger partial charge < -0.3 is 19.3 Å². The zero-order chi connectivity index (χ0) is 14.8. The Balaban J connectivity index is 1.57. The van der Waals surface area contributed by atoms with Gasteiger partial charge in [-0.3, -0.25) is 0 Å². The lowest BCUT2D eigenvalue weighted by Crippen LogP contribution is -2.69. The fourth-order valence-electron chi connectivity index (χ4n) is 3.91. The lowest BCUT2D eigenvalue weighted by Gasteiger charge is -2.53. The standard InChI is InChI=1S/C16H18O5/c1-15-8-10(19-14(18)9-6-4-3-5-7-9)12-16(2,21-15)13(20-12)11(15)17/h3-7,10-13,17H,8H2,1-2H3/t10-,11-,12?,13?,15?,16?/m1/s1. The second-order valence-electron chi connectivity index (χ2n) is 6.53. The van der Waals surface area contributed by atoms with E-state index in [-0.39, 0.29) is 18.2 Å². The van der Waals surface area contributed by atoms with Crippen LogP contribution in [-0.2, 0) is 14.2 Å². The Hall–Kier alpha value is -1.43. The predicted octanol–water partition coefficient (Wildman–Crippen LogP) is 1.29. The summed E-state index contributed by atoms with van der Waals surface area (Å²) in [5, 5.41) is 10.3. The molecule has 1 N–H and O–H groups in total. The maximum atomic E-state index is 12.2. The highest BCUT2D eigenvalue weighted by atomic mass is 16.7. The van der Waals surface area contributed by atoms with Gasteiger partial charge in [0.1, 0.15) is 30.0 Å². The molecule has 0 amide bonds. The van der Waals surface area contributed by atoms with Gasteiger partial charge in [0.15, 0.2) is 0 Å². The van der Waals surface area contributed by atoms with Gasteiger partial charge in [0.2, 0.25) is 0 Å². The van der Waals surface area contributed by atoms with Gasteiger partial charge in [-0.15, -0.1) is 0 Å². The molecule has 3 aliphatic rings. The van der Waals surface area contributed by atoms with Crippen molar-refractivity contribution in [2.45, 2.75) is 55.9 Å². The largest absolute Gasteiger partial charge is 0.456 e. The maximum absolute atomic E-state index is 12.2. The fraction of sp³-hybridized carbons (Fsp3) is 0.562. The lowest BCUT2D eigenvalue weighted by atomic mass is 9.83. The third-order valence-electron chi connectivity index (χ3n) is 5.00. The van der Waals surface area contributed by atoms with E-state index in [2.05, 4.69) is 0 Å². The van der Waals surface area contributed by atoms with Crippen molar-refractivity contribution in [2.24, 2.45) is 0 Å². The Morgan fingerprint density at radius 1 is 1.29 bits per heavy atom. The molecule has 0 spiro atoms. The van der Waals surface area contributed by atoms with Crippen LogP contribution in [0.5, 0.6) is 0 Å². The van der Waals surface area contributed by atoms with Crippen molar-refractivity contribution in [1.82, 2.24) is 0 Å². The second kappa shape index (κ2) is 4.06. The number of fused-ring (bicyclic) bond motifs is 1. The molecule has 3 fully saturated rings. The highest BCUT2D eigenvalue weighted by Gasteiger charge is 2.75. The van der Waals surface area contributed by atoms with Gasteiger partial charge in [-0.05, 0) is 26.0 Å². The molecule has 4 unspecified atom stereocenters. The summed E-state index contributed by atoms with van der Waals surface area (Å²) in [7, 11) is 0. The van der Waals surface area contributed by atoms with E-state index in [0.717, 1.165) is 0 Å². The van der Waals surface area contributed by atoms with Gasteiger partial charge in [-0.25, -0.2) is 4.79 Å². The third-order valence-corrected chi connectivity index (χ3v) is 5.00. The van der Waals surface area contributed by atoms with Crippen molar-refractivity contribution in [3.8, 4) is 0 Å². The number of carbonyl (C=O) groups is 1. The molecular formula is C16H18O5. The highest BCUT2D eigenvalue weighted by Crippen LogP contribution is 2.57. The van der Waals surface area contributed by atoms with Crippen LogP contribution in [0.1, 0.15) is 30.6 Å². The molecule has 1 aromatic carbocycles. The van der Waals surface area contributed by atoms with E-state index in [0.29, 0.717) is 12.0 Å². The van der Waals surface area contributed by atoms with E-state index < -0.39 is 23.4 Å². The molecule has 0 aromatic heterocycles. The Bertz CT molecular complexity index is 580. The minimum atomic E-state index is -0.714. The number of benzene rings is 1. The molecule has 0 aliphatic carbocycles. The quantitative estimate of drug-likeness (QED) is 0.832. The molecule has 5 heteroatoms. The van der Waals surface area contributed by atoms with Gasteiger partial charge >= 0.3 is 5.97 Å². The normalized spacial score (nSPS) is 46.8. The molecule has 4 rings (SSSR count). The first kappa shape index (κ1) is 13.2. The minimum Gasteiger partial charge on any atom is -0.456 e. The Morgan fingerprint density at radius 3 is 2.71 bits per heavy atom. The first-order chi connectivity index (χ1) is 9.94. The Labute approximate surface area is 122 Å². The number of hydrogen-bond acceptors (Lipinski definition) is 5. The summed E-state index contributed by atoms with van der Waals surface area (Å²) >= 11 is 0. The average molecular weight is 290 g/mol. The fourth-order valence-corrected chi connectivity index (χ4v) is 3.91. The summed E-state index contributed by atoms with van der Waals surface area (Å²) in [6, 6.07) is 8.89. The van der Waals surface area contributed by atoms with Crippen LogP contribution in [-0.4, -0.2) is 46.7 Å². The molecular weight excluding hydrogens is 272 g/mol. The SMILES string of the molecule is CC12OC3(C)C[C@@H](OC(=O)c4ccccc4)C1OC2[C@H]3O. The maximum Gasteiger partial charge on any atom is 0.338 e. The van der Waals surface area contributed by atoms with E-state index in [9.17, 15) is 9.90 Å². The van der Waals surface area contributed by atoms with Crippen LogP contribution in [0.25, 0.3) is 0 Å². The van der Waals surface area contributed by atoms with Crippen molar-refractivity contribution < 1.29 is 24.1 Å². The Kier molecular flexibility index (Phi) is 2.56. The van der Waals surface area contributed by atoms with Crippen molar-refractivity contribution in [3.05, 3.63) is 35.9 Å². The van der Waals surface area contributed by atoms with Crippen LogP contribution < -0.4 is 0 Å². The topological polar surface area (TPSA) is 65.0 Å². The van der Waals surface area contributed by atoms with Crippen LogP contribution >= 0.6 is 0 Å². The summed E-state index contributed by atoms with van der Waals surface area (Å²) in [5.41, 5.74) is -0.759. The minimum absolute atomic E-state index is 0.305. The zero-order valence-electron chi connectivity index (χ0n) is 12.0. The first-order valence-corrected chi connectivity index (χ1v) is 7.24. The van der Waals surface area contributed by atoms with Crippen molar-refractivity contribution >= 4 is 5.97 Å². The van der Waals surface area contributed by atoms with Gasteiger partial charge in [0.25, 0.3) is 0 Å². The van der Waals surface area contributed by atoms with E-state index >= 15 is 0 Å². The number of rotatable bonds is 2. The molecule has 3 aliphatic heterocycles. The Morgan fingerprint density at radius 2 is 2.00 bits per heavy atom. The molecule has 21 heavy (non-hydrogen) atoms. The summed E-state index contributed by atoms with van der Waals surface area (Å²) < 4.78 is 17.4. The van der Waals surface area contributed by atoms with Crippen molar-refractivity contribution in [3.63, 3.8) is 0 Å². The van der Waals surface area contributed by atoms with Crippen LogP contribution in [0.15, 0.2) is 30.3 Å². The molecule has 2 bridgehead atoms. The number of ether oxygens (including phenoxy) is 3. The van der Waals surface area contributed by atoms with E-state index in [4.69, 9.17) is 14.2 Å². The predicted molar refractivity (Wildman–Crippen MR) is 72.8 cm³/mol. The number of aliphatic hydroxyl groups is 1. The molecule has 5 nitrogen and oxygen atoms in total. The molecule has 0 saturated carbocycles. The second-order valence-corrected chi connectivity index (χ2v) is 6.53. The number of esters is 1. The molecule has 6 atom stereocenters. The smallest absolute Gasteiger partial charge is 0.338 e. The lowest BCUT2D eigenvalue weighted by molar-refractivity contribution is -0.324. The molecule has 1 aromatic rings. The third kappa shape index (κ3) is 1.65. The monoisotopic (exact) mass is 290 g/mol. The first-order valence-electron chi connectivity index (χ1n) is 7.24. The summed E-state index contributed by atoms with van der Waals surface area (Å²) in [4.78, 5) is 12.2. The number of carbonyl (C=O) groups excluding carboxylic acids is 1. The number of hydrogen-bond donors (Lipinski definition) is 1. The van der Waals surface area contributed by atoms with Gasteiger partial charge in [0.05, 0.1) is 11.2 Å². The zero-order valence-corrected chi connectivity index (χ0v) is 12.0.